The summed E-state index contributed by atoms with van der Waals surface area (Å²) in [6.45, 7) is 10.2. The summed E-state index contributed by atoms with van der Waals surface area (Å²) in [5.74, 6) is 1.18. The first-order valence-corrected chi connectivity index (χ1v) is 10.4. The molecule has 31 heavy (non-hydrogen) atoms. The molecule has 0 spiro atoms. The van der Waals surface area contributed by atoms with E-state index in [-0.39, 0.29) is 17.0 Å². The number of fused-ring (bicyclic) bond motifs is 1. The first-order chi connectivity index (χ1) is 14.7. The van der Waals surface area contributed by atoms with Gasteiger partial charge in [0.1, 0.15) is 11.1 Å². The van der Waals surface area contributed by atoms with Crippen molar-refractivity contribution in [2.75, 3.05) is 38.2 Å². The van der Waals surface area contributed by atoms with Gasteiger partial charge in [0, 0.05) is 31.7 Å². The van der Waals surface area contributed by atoms with Crippen molar-refractivity contribution in [1.29, 1.82) is 0 Å². The third kappa shape index (κ3) is 3.87. The van der Waals surface area contributed by atoms with E-state index in [0.29, 0.717) is 54.5 Å². The largest absolute Gasteiger partial charge is 0.496 e. The van der Waals surface area contributed by atoms with E-state index in [1.165, 1.54) is 0 Å². The van der Waals surface area contributed by atoms with Crippen molar-refractivity contribution in [3.05, 3.63) is 45.9 Å². The zero-order chi connectivity index (χ0) is 22.3. The van der Waals surface area contributed by atoms with Gasteiger partial charge in [-0.15, -0.1) is 0 Å². The number of nitrogens with zero attached hydrogens (tertiary/aromatic N) is 5. The van der Waals surface area contributed by atoms with E-state index in [9.17, 15) is 9.59 Å². The van der Waals surface area contributed by atoms with Gasteiger partial charge in [-0.2, -0.15) is 10.1 Å². The van der Waals surface area contributed by atoms with Gasteiger partial charge in [0.05, 0.1) is 18.8 Å². The van der Waals surface area contributed by atoms with Gasteiger partial charge in [0.2, 0.25) is 5.95 Å². The summed E-state index contributed by atoms with van der Waals surface area (Å²) in [6.07, 6.45) is 1.56. The summed E-state index contributed by atoms with van der Waals surface area (Å²) in [5, 5.41) is 4.83. The van der Waals surface area contributed by atoms with Crippen LogP contribution < -0.4 is 15.2 Å². The molecule has 3 aromatic rings. The lowest BCUT2D eigenvalue weighted by atomic mass is 10.1. The average Bonchev–Trinajstić information content (AvgIpc) is 3.19. The van der Waals surface area contributed by atoms with Crippen molar-refractivity contribution in [1.82, 2.24) is 24.6 Å². The fourth-order valence-electron chi connectivity index (χ4n) is 3.80. The van der Waals surface area contributed by atoms with E-state index in [4.69, 9.17) is 9.72 Å². The maximum Gasteiger partial charge on any atom is 0.263 e. The summed E-state index contributed by atoms with van der Waals surface area (Å²) < 4.78 is 7.11. The Balaban J connectivity index is 1.53. The highest BCUT2D eigenvalue weighted by Crippen LogP contribution is 2.22. The van der Waals surface area contributed by atoms with E-state index < -0.39 is 0 Å². The van der Waals surface area contributed by atoms with Gasteiger partial charge in [0.25, 0.3) is 11.5 Å². The van der Waals surface area contributed by atoms with Crippen molar-refractivity contribution < 1.29 is 9.53 Å². The fourth-order valence-corrected chi connectivity index (χ4v) is 3.80. The quantitative estimate of drug-likeness (QED) is 0.692. The topological polar surface area (TPSA) is 96.3 Å². The van der Waals surface area contributed by atoms with Crippen molar-refractivity contribution >= 4 is 22.9 Å². The number of rotatable bonds is 3. The number of hydrogen-bond acceptors (Lipinski definition) is 6. The second-order valence-corrected chi connectivity index (χ2v) is 8.82. The summed E-state index contributed by atoms with van der Waals surface area (Å²) in [5.41, 5.74) is 1.67. The monoisotopic (exact) mass is 424 g/mol. The maximum atomic E-state index is 12.9. The van der Waals surface area contributed by atoms with Gasteiger partial charge in [-0.25, -0.2) is 4.68 Å². The number of amides is 1. The maximum absolute atomic E-state index is 12.9. The summed E-state index contributed by atoms with van der Waals surface area (Å²) in [6, 6.07) is 5.50. The molecule has 0 bridgehead atoms. The zero-order valence-electron chi connectivity index (χ0n) is 18.6. The Labute approximate surface area is 180 Å². The first kappa shape index (κ1) is 20.9. The molecule has 1 N–H and O–H groups in total. The number of aryl methyl sites for hydroxylation is 1. The minimum absolute atomic E-state index is 0.0272. The number of carbonyl (C=O) groups excluding carboxylic acids is 1. The molecule has 164 valence electrons. The van der Waals surface area contributed by atoms with Gasteiger partial charge in [0.15, 0.2) is 5.65 Å². The van der Waals surface area contributed by atoms with Gasteiger partial charge in [-0.1, -0.05) is 6.07 Å². The molecule has 1 saturated heterocycles. The van der Waals surface area contributed by atoms with Crippen molar-refractivity contribution in [3.63, 3.8) is 0 Å². The highest BCUT2D eigenvalue weighted by molar-refractivity contribution is 5.95. The lowest BCUT2D eigenvalue weighted by Crippen LogP contribution is -2.49. The predicted molar refractivity (Wildman–Crippen MR) is 119 cm³/mol. The summed E-state index contributed by atoms with van der Waals surface area (Å²) in [7, 11) is 1.60. The lowest BCUT2D eigenvalue weighted by molar-refractivity contribution is 0.0746. The van der Waals surface area contributed by atoms with Crippen LogP contribution in [-0.2, 0) is 5.54 Å². The number of benzene rings is 1. The van der Waals surface area contributed by atoms with Crippen LogP contribution in [0.4, 0.5) is 5.95 Å². The lowest BCUT2D eigenvalue weighted by Gasteiger charge is -2.35. The SMILES string of the molecule is COc1cc(C(=O)N2CCN(c3nc4c(cnn4C(C)(C)C)c(=O)[nH]3)CC2)ccc1C. The zero-order valence-corrected chi connectivity index (χ0v) is 18.6. The van der Waals surface area contributed by atoms with E-state index >= 15 is 0 Å². The molecule has 0 radical (unpaired) electrons. The minimum atomic E-state index is -0.292. The molecule has 3 heterocycles. The highest BCUT2D eigenvalue weighted by Gasteiger charge is 2.26. The molecular weight excluding hydrogens is 396 g/mol. The van der Waals surface area contributed by atoms with Crippen molar-refractivity contribution in [2.24, 2.45) is 0 Å². The van der Waals surface area contributed by atoms with Crippen LogP contribution in [0, 0.1) is 6.92 Å². The molecule has 0 atom stereocenters. The molecule has 1 aliphatic rings. The molecule has 1 aromatic carbocycles. The number of aromatic amines is 1. The second-order valence-electron chi connectivity index (χ2n) is 8.82. The molecule has 9 heteroatoms. The van der Waals surface area contributed by atoms with E-state index in [1.54, 1.807) is 24.1 Å². The van der Waals surface area contributed by atoms with Crippen LogP contribution in [-0.4, -0.2) is 63.8 Å². The van der Waals surface area contributed by atoms with Crippen LogP contribution in [0.5, 0.6) is 5.75 Å². The number of hydrogen-bond donors (Lipinski definition) is 1. The number of H-pyrrole nitrogens is 1. The average molecular weight is 425 g/mol. The Morgan fingerprint density at radius 1 is 1.16 bits per heavy atom. The molecule has 0 aliphatic carbocycles. The van der Waals surface area contributed by atoms with Crippen LogP contribution in [0.1, 0.15) is 36.7 Å². The van der Waals surface area contributed by atoms with Crippen molar-refractivity contribution in [3.8, 4) is 5.75 Å². The van der Waals surface area contributed by atoms with E-state index in [1.807, 2.05) is 49.6 Å². The summed E-state index contributed by atoms with van der Waals surface area (Å²) >= 11 is 0. The van der Waals surface area contributed by atoms with Gasteiger partial charge in [-0.3, -0.25) is 14.6 Å². The van der Waals surface area contributed by atoms with E-state index in [0.717, 1.165) is 5.56 Å². The third-order valence-electron chi connectivity index (χ3n) is 5.58. The molecule has 1 fully saturated rings. The van der Waals surface area contributed by atoms with Crippen LogP contribution in [0.15, 0.2) is 29.2 Å². The third-order valence-corrected chi connectivity index (χ3v) is 5.58. The molecule has 2 aromatic heterocycles. The number of methoxy groups -OCH3 is 1. The number of nitrogens with one attached hydrogen (secondary N) is 1. The molecule has 0 unspecified atom stereocenters. The number of piperazine rings is 1. The van der Waals surface area contributed by atoms with E-state index in [2.05, 4.69) is 10.1 Å². The van der Waals surface area contributed by atoms with Crippen LogP contribution in [0.3, 0.4) is 0 Å². The molecule has 4 rings (SSSR count). The molecule has 0 saturated carbocycles. The first-order valence-electron chi connectivity index (χ1n) is 10.4. The highest BCUT2D eigenvalue weighted by atomic mass is 16.5. The minimum Gasteiger partial charge on any atom is -0.496 e. The predicted octanol–water partition coefficient (Wildman–Crippen LogP) is 2.15. The Hall–Kier alpha value is -3.36. The van der Waals surface area contributed by atoms with Crippen LogP contribution in [0.2, 0.25) is 0 Å². The Morgan fingerprint density at radius 3 is 2.52 bits per heavy atom. The second kappa shape index (κ2) is 7.72. The molecule has 9 nitrogen and oxygen atoms in total. The number of ether oxygens (including phenoxy) is 1. The fraction of sp³-hybridized carbons (Fsp3) is 0.455. The standard InChI is InChI=1S/C22H28N6O3/c1-14-6-7-15(12-17(14)31-5)20(30)26-8-10-27(11-9-26)21-24-18-16(19(29)25-21)13-23-28(18)22(2,3)4/h6-7,12-13H,8-11H2,1-5H3,(H,24,25,29). The Bertz CT molecular complexity index is 1180. The van der Waals surface area contributed by atoms with Crippen molar-refractivity contribution in [2.45, 2.75) is 33.2 Å². The van der Waals surface area contributed by atoms with Crippen LogP contribution in [0.25, 0.3) is 11.0 Å². The Morgan fingerprint density at radius 2 is 1.87 bits per heavy atom. The van der Waals surface area contributed by atoms with Crippen LogP contribution >= 0.6 is 0 Å². The normalized spacial score (nSPS) is 14.9. The van der Waals surface area contributed by atoms with Gasteiger partial charge < -0.3 is 14.5 Å². The number of carbonyl (C=O) groups is 1. The number of anilines is 1. The summed E-state index contributed by atoms with van der Waals surface area (Å²) in [4.78, 5) is 36.9. The molecule has 1 aliphatic heterocycles. The molecular formula is C22H28N6O3. The smallest absolute Gasteiger partial charge is 0.263 e. The molecule has 1 amide bonds. The number of aromatic nitrogens is 4. The van der Waals surface area contributed by atoms with Gasteiger partial charge >= 0.3 is 0 Å². The Kier molecular flexibility index (Phi) is 5.20. The van der Waals surface area contributed by atoms with Gasteiger partial charge in [-0.05, 0) is 45.4 Å².